The van der Waals surface area contributed by atoms with E-state index in [-0.39, 0.29) is 43.4 Å². The minimum Gasteiger partial charge on any atom is -0.482 e. The van der Waals surface area contributed by atoms with Gasteiger partial charge in [-0.3, -0.25) is 14.5 Å². The quantitative estimate of drug-likeness (QED) is 0.778. The first-order valence-electron chi connectivity index (χ1n) is 7.30. The maximum Gasteiger partial charge on any atom is 0.265 e. The van der Waals surface area contributed by atoms with Crippen LogP contribution >= 0.6 is 28.3 Å². The molecule has 126 valence electrons. The minimum atomic E-state index is -0.222. The molecule has 0 spiro atoms. The molecule has 1 fully saturated rings. The van der Waals surface area contributed by atoms with Crippen molar-refractivity contribution in [2.24, 2.45) is 11.7 Å². The summed E-state index contributed by atoms with van der Waals surface area (Å²) in [5, 5.41) is 2.93. The van der Waals surface area contributed by atoms with Gasteiger partial charge in [-0.15, -0.1) is 12.4 Å². The number of nitrogens with two attached hydrogens (primary N) is 1. The van der Waals surface area contributed by atoms with Crippen molar-refractivity contribution in [3.05, 3.63) is 22.7 Å². The van der Waals surface area contributed by atoms with Crippen LogP contribution in [0, 0.1) is 5.92 Å². The van der Waals surface area contributed by atoms with E-state index in [1.807, 2.05) is 6.07 Å². The van der Waals surface area contributed by atoms with Crippen molar-refractivity contribution >= 4 is 45.8 Å². The zero-order chi connectivity index (χ0) is 15.7. The van der Waals surface area contributed by atoms with Gasteiger partial charge in [0.2, 0.25) is 5.91 Å². The van der Waals surface area contributed by atoms with Crippen LogP contribution in [0.1, 0.15) is 12.8 Å². The standard InChI is InChI=1S/C15H18BrN3O3.ClH/c16-10-3-4-12-13(5-10)22-8-15(21)19(12)7-14(20)18-11(6-17)9-1-2-9;/h3-5,9,11H,1-2,6-8,17H2,(H,18,20);1H. The first kappa shape index (κ1) is 18.0. The predicted molar refractivity (Wildman–Crippen MR) is 92.9 cm³/mol. The summed E-state index contributed by atoms with van der Waals surface area (Å²) in [6.07, 6.45) is 2.21. The minimum absolute atomic E-state index is 0. The van der Waals surface area contributed by atoms with Crippen LogP contribution in [0.3, 0.4) is 0 Å². The first-order chi connectivity index (χ1) is 10.6. The number of amides is 2. The topological polar surface area (TPSA) is 84.7 Å². The number of benzene rings is 1. The number of carbonyl (C=O) groups is 2. The molecule has 0 radical (unpaired) electrons. The number of fused-ring (bicyclic) bond motifs is 1. The highest BCUT2D eigenvalue weighted by atomic mass is 79.9. The number of anilines is 1. The molecule has 1 aromatic carbocycles. The highest BCUT2D eigenvalue weighted by molar-refractivity contribution is 9.10. The molecule has 0 saturated heterocycles. The molecule has 3 N–H and O–H groups in total. The second kappa shape index (κ2) is 7.51. The van der Waals surface area contributed by atoms with E-state index >= 15 is 0 Å². The first-order valence-corrected chi connectivity index (χ1v) is 8.10. The van der Waals surface area contributed by atoms with Gasteiger partial charge in [-0.1, -0.05) is 15.9 Å². The van der Waals surface area contributed by atoms with Gasteiger partial charge in [0, 0.05) is 17.1 Å². The Kier molecular flexibility index (Phi) is 5.89. The van der Waals surface area contributed by atoms with Crippen molar-refractivity contribution < 1.29 is 14.3 Å². The molecule has 1 atom stereocenters. The van der Waals surface area contributed by atoms with Crippen LogP contribution < -0.4 is 20.7 Å². The smallest absolute Gasteiger partial charge is 0.265 e. The Labute approximate surface area is 149 Å². The number of carbonyl (C=O) groups excluding carboxylic acids is 2. The lowest BCUT2D eigenvalue weighted by atomic mass is 10.2. The van der Waals surface area contributed by atoms with Gasteiger partial charge >= 0.3 is 0 Å². The van der Waals surface area contributed by atoms with Crippen LogP contribution in [0.4, 0.5) is 5.69 Å². The molecule has 1 aromatic rings. The number of nitrogens with one attached hydrogen (secondary N) is 1. The molecule has 1 heterocycles. The summed E-state index contributed by atoms with van der Waals surface area (Å²) in [5.41, 5.74) is 6.31. The fourth-order valence-electron chi connectivity index (χ4n) is 2.62. The van der Waals surface area contributed by atoms with Crippen molar-refractivity contribution in [2.75, 3.05) is 24.6 Å². The summed E-state index contributed by atoms with van der Waals surface area (Å²) in [5.74, 6) is 0.670. The second-order valence-electron chi connectivity index (χ2n) is 5.63. The Balaban J connectivity index is 0.00000192. The second-order valence-corrected chi connectivity index (χ2v) is 6.54. The summed E-state index contributed by atoms with van der Waals surface area (Å²) in [6.45, 7) is 0.358. The molecule has 1 aliphatic carbocycles. The van der Waals surface area contributed by atoms with Crippen LogP contribution in [-0.4, -0.2) is 37.6 Å². The van der Waals surface area contributed by atoms with Crippen LogP contribution in [-0.2, 0) is 9.59 Å². The normalized spacial score (nSPS) is 17.7. The number of hydrogen-bond donors (Lipinski definition) is 2. The third-order valence-corrected chi connectivity index (χ3v) is 4.45. The zero-order valence-electron chi connectivity index (χ0n) is 12.5. The van der Waals surface area contributed by atoms with Crippen LogP contribution in [0.5, 0.6) is 5.75 Å². The van der Waals surface area contributed by atoms with Gasteiger partial charge in [0.15, 0.2) is 6.61 Å². The van der Waals surface area contributed by atoms with Gasteiger partial charge in [0.1, 0.15) is 12.3 Å². The van der Waals surface area contributed by atoms with E-state index in [1.165, 1.54) is 4.90 Å². The average Bonchev–Trinajstić information content (AvgIpc) is 3.32. The maximum atomic E-state index is 12.2. The SMILES string of the molecule is Cl.NCC(NC(=O)CN1C(=O)COc2cc(Br)ccc21)C1CC1. The summed E-state index contributed by atoms with van der Waals surface area (Å²) in [6, 6.07) is 5.39. The van der Waals surface area contributed by atoms with Crippen molar-refractivity contribution in [3.63, 3.8) is 0 Å². The molecule has 0 aromatic heterocycles. The van der Waals surface area contributed by atoms with Crippen molar-refractivity contribution in [1.29, 1.82) is 0 Å². The number of ether oxygens (including phenoxy) is 1. The van der Waals surface area contributed by atoms with E-state index in [0.717, 1.165) is 17.3 Å². The molecule has 1 aliphatic heterocycles. The van der Waals surface area contributed by atoms with Crippen molar-refractivity contribution in [2.45, 2.75) is 18.9 Å². The third kappa shape index (κ3) is 4.16. The van der Waals surface area contributed by atoms with Crippen molar-refractivity contribution in [3.8, 4) is 5.75 Å². The summed E-state index contributed by atoms with van der Waals surface area (Å²) < 4.78 is 6.27. The molecular formula is C15H19BrClN3O3. The summed E-state index contributed by atoms with van der Waals surface area (Å²) in [4.78, 5) is 25.7. The van der Waals surface area contributed by atoms with E-state index in [0.29, 0.717) is 23.9 Å². The summed E-state index contributed by atoms with van der Waals surface area (Å²) >= 11 is 3.36. The lowest BCUT2D eigenvalue weighted by Crippen LogP contribution is -2.49. The van der Waals surface area contributed by atoms with Crippen LogP contribution in [0.25, 0.3) is 0 Å². The molecule has 6 nitrogen and oxygen atoms in total. The Morgan fingerprint density at radius 2 is 2.22 bits per heavy atom. The Bertz CT molecular complexity index is 610. The van der Waals surface area contributed by atoms with Crippen molar-refractivity contribution in [1.82, 2.24) is 5.32 Å². The Hall–Kier alpha value is -1.31. The summed E-state index contributed by atoms with van der Waals surface area (Å²) in [7, 11) is 0. The monoisotopic (exact) mass is 403 g/mol. The zero-order valence-corrected chi connectivity index (χ0v) is 14.9. The highest BCUT2D eigenvalue weighted by Crippen LogP contribution is 2.34. The highest BCUT2D eigenvalue weighted by Gasteiger charge is 2.33. The molecule has 23 heavy (non-hydrogen) atoms. The molecular weight excluding hydrogens is 386 g/mol. The molecule has 1 unspecified atom stereocenters. The molecule has 3 rings (SSSR count). The number of nitrogens with zero attached hydrogens (tertiary/aromatic N) is 1. The Morgan fingerprint density at radius 3 is 2.87 bits per heavy atom. The number of halogens is 2. The number of rotatable bonds is 5. The lowest BCUT2D eigenvalue weighted by molar-refractivity contribution is -0.125. The maximum absolute atomic E-state index is 12.2. The van der Waals surface area contributed by atoms with E-state index < -0.39 is 0 Å². The molecule has 0 bridgehead atoms. The third-order valence-electron chi connectivity index (χ3n) is 3.96. The van der Waals surface area contributed by atoms with E-state index in [1.54, 1.807) is 12.1 Å². The molecule has 8 heteroatoms. The van der Waals surface area contributed by atoms with Gasteiger partial charge in [-0.2, -0.15) is 0 Å². The van der Waals surface area contributed by atoms with E-state index in [2.05, 4.69) is 21.2 Å². The van der Waals surface area contributed by atoms with E-state index in [9.17, 15) is 9.59 Å². The average molecular weight is 405 g/mol. The predicted octanol–water partition coefficient (Wildman–Crippen LogP) is 1.45. The van der Waals surface area contributed by atoms with E-state index in [4.69, 9.17) is 10.5 Å². The number of hydrogen-bond acceptors (Lipinski definition) is 4. The Morgan fingerprint density at radius 1 is 1.48 bits per heavy atom. The van der Waals surface area contributed by atoms with Gasteiger partial charge < -0.3 is 15.8 Å². The van der Waals surface area contributed by atoms with Crippen LogP contribution in [0.2, 0.25) is 0 Å². The van der Waals surface area contributed by atoms with Gasteiger partial charge in [0.25, 0.3) is 5.91 Å². The van der Waals surface area contributed by atoms with Crippen LogP contribution in [0.15, 0.2) is 22.7 Å². The largest absolute Gasteiger partial charge is 0.482 e. The lowest BCUT2D eigenvalue weighted by Gasteiger charge is -2.29. The fourth-order valence-corrected chi connectivity index (χ4v) is 2.96. The fraction of sp³-hybridized carbons (Fsp3) is 0.467. The molecule has 2 amide bonds. The molecule has 1 saturated carbocycles. The van der Waals surface area contributed by atoms with Gasteiger partial charge in [0.05, 0.1) is 5.69 Å². The van der Waals surface area contributed by atoms with Gasteiger partial charge in [-0.05, 0) is 37.0 Å². The van der Waals surface area contributed by atoms with Gasteiger partial charge in [-0.25, -0.2) is 0 Å². The molecule has 2 aliphatic rings.